The van der Waals surface area contributed by atoms with Crippen LogP contribution < -0.4 is 10.6 Å². The van der Waals surface area contributed by atoms with Crippen LogP contribution in [-0.2, 0) is 6.54 Å². The molecule has 27 heavy (non-hydrogen) atoms. The molecule has 0 aliphatic rings. The molecule has 0 saturated heterocycles. The molecule has 2 aromatic carbocycles. The van der Waals surface area contributed by atoms with Crippen LogP contribution in [0.1, 0.15) is 13.3 Å². The lowest BCUT2D eigenvalue weighted by Crippen LogP contribution is -2.46. The number of benzene rings is 2. The Bertz CT molecular complexity index is 946. The number of primary amides is 1. The van der Waals surface area contributed by atoms with Crippen molar-refractivity contribution in [1.82, 2.24) is 14.6 Å². The molecule has 0 spiro atoms. The minimum absolute atomic E-state index is 0.420. The number of fused-ring (bicyclic) bond motifs is 3. The molecule has 0 saturated carbocycles. The standard InChI is InChI=1S/C21H29N5O/c1-5-25-19-10-7-6-9-17(19)18-15-16(11-12-20(18)25)24(4)13-8-14-26(21(22)27)23(2)3/h6-7,9-12,15H,5,8,13-14H2,1-4H3,(H2,22,27). The van der Waals surface area contributed by atoms with E-state index in [9.17, 15) is 4.79 Å². The Hall–Kier alpha value is -2.73. The van der Waals surface area contributed by atoms with Crippen molar-refractivity contribution in [2.45, 2.75) is 19.9 Å². The van der Waals surface area contributed by atoms with E-state index in [2.05, 4.69) is 65.9 Å². The third-order valence-corrected chi connectivity index (χ3v) is 5.11. The van der Waals surface area contributed by atoms with E-state index in [1.54, 1.807) is 10.0 Å². The molecule has 0 fully saturated rings. The van der Waals surface area contributed by atoms with Crippen molar-refractivity contribution in [3.63, 3.8) is 0 Å². The van der Waals surface area contributed by atoms with Gasteiger partial charge >= 0.3 is 6.03 Å². The van der Waals surface area contributed by atoms with Crippen LogP contribution in [0.3, 0.4) is 0 Å². The first-order valence-electron chi connectivity index (χ1n) is 9.40. The minimum Gasteiger partial charge on any atom is -0.375 e. The van der Waals surface area contributed by atoms with E-state index in [4.69, 9.17) is 5.73 Å². The molecule has 6 heteroatoms. The summed E-state index contributed by atoms with van der Waals surface area (Å²) in [6.45, 7) is 4.58. The lowest BCUT2D eigenvalue weighted by atomic mass is 10.1. The number of carbonyl (C=O) groups excluding carboxylic acids is 1. The van der Waals surface area contributed by atoms with Gasteiger partial charge in [-0.3, -0.25) is 5.01 Å². The molecule has 0 unspecified atom stereocenters. The highest BCUT2D eigenvalue weighted by molar-refractivity contribution is 6.09. The largest absolute Gasteiger partial charge is 0.375 e. The van der Waals surface area contributed by atoms with Gasteiger partial charge in [-0.1, -0.05) is 18.2 Å². The van der Waals surface area contributed by atoms with Crippen LogP contribution in [-0.4, -0.2) is 54.8 Å². The summed E-state index contributed by atoms with van der Waals surface area (Å²) in [6, 6.07) is 14.8. The van der Waals surface area contributed by atoms with Crippen LogP contribution in [0.4, 0.5) is 10.5 Å². The molecule has 0 radical (unpaired) electrons. The molecule has 2 N–H and O–H groups in total. The van der Waals surface area contributed by atoms with Crippen LogP contribution in [0.15, 0.2) is 42.5 Å². The maximum absolute atomic E-state index is 11.5. The summed E-state index contributed by atoms with van der Waals surface area (Å²) in [5, 5.41) is 5.85. The van der Waals surface area contributed by atoms with Gasteiger partial charge < -0.3 is 15.2 Å². The number of hydrogen-bond donors (Lipinski definition) is 1. The molecule has 2 amide bonds. The Labute approximate surface area is 160 Å². The first-order chi connectivity index (χ1) is 12.9. The van der Waals surface area contributed by atoms with Gasteiger partial charge in [-0.25, -0.2) is 9.80 Å². The van der Waals surface area contributed by atoms with Gasteiger partial charge in [0.25, 0.3) is 0 Å². The first-order valence-corrected chi connectivity index (χ1v) is 9.40. The average molecular weight is 367 g/mol. The Morgan fingerprint density at radius 1 is 1.00 bits per heavy atom. The topological polar surface area (TPSA) is 57.7 Å². The zero-order chi connectivity index (χ0) is 19.6. The molecule has 3 aromatic rings. The Balaban J connectivity index is 1.81. The number of urea groups is 1. The number of carbonyl (C=O) groups is 1. The van der Waals surface area contributed by atoms with Gasteiger partial charge in [0, 0.05) is 68.3 Å². The predicted octanol–water partition coefficient (Wildman–Crippen LogP) is 3.50. The highest BCUT2D eigenvalue weighted by Gasteiger charge is 2.13. The fraction of sp³-hybridized carbons (Fsp3) is 0.381. The third-order valence-electron chi connectivity index (χ3n) is 5.11. The number of nitrogens with two attached hydrogens (primary N) is 1. The van der Waals surface area contributed by atoms with Gasteiger partial charge in [-0.2, -0.15) is 0 Å². The zero-order valence-electron chi connectivity index (χ0n) is 16.6. The quantitative estimate of drug-likeness (QED) is 0.650. The molecule has 0 atom stereocenters. The summed E-state index contributed by atoms with van der Waals surface area (Å²) in [5.74, 6) is 0. The first kappa shape index (κ1) is 19.0. The molecular formula is C21H29N5O. The van der Waals surface area contributed by atoms with Gasteiger partial charge in [0.1, 0.15) is 0 Å². The second-order valence-corrected chi connectivity index (χ2v) is 7.05. The van der Waals surface area contributed by atoms with E-state index in [1.165, 1.54) is 27.5 Å². The zero-order valence-corrected chi connectivity index (χ0v) is 16.6. The number of rotatable bonds is 7. The fourth-order valence-corrected chi connectivity index (χ4v) is 3.71. The van der Waals surface area contributed by atoms with Crippen molar-refractivity contribution in [3.05, 3.63) is 42.5 Å². The smallest absolute Gasteiger partial charge is 0.329 e. The summed E-state index contributed by atoms with van der Waals surface area (Å²) in [4.78, 5) is 13.7. The normalized spacial score (nSPS) is 11.4. The Morgan fingerprint density at radius 3 is 2.37 bits per heavy atom. The molecular weight excluding hydrogens is 338 g/mol. The van der Waals surface area contributed by atoms with Crippen LogP contribution in [0.2, 0.25) is 0 Å². The second kappa shape index (κ2) is 7.88. The number of amides is 2. The van der Waals surface area contributed by atoms with Crippen molar-refractivity contribution >= 4 is 33.5 Å². The molecule has 0 aliphatic carbocycles. The summed E-state index contributed by atoms with van der Waals surface area (Å²) in [6.07, 6.45) is 0.840. The summed E-state index contributed by atoms with van der Waals surface area (Å²) in [7, 11) is 5.74. The monoisotopic (exact) mass is 367 g/mol. The van der Waals surface area contributed by atoms with E-state index >= 15 is 0 Å². The van der Waals surface area contributed by atoms with Crippen LogP contribution in [0.5, 0.6) is 0 Å². The lowest BCUT2D eigenvalue weighted by molar-refractivity contribution is 0.0679. The highest BCUT2D eigenvalue weighted by atomic mass is 16.2. The Morgan fingerprint density at radius 2 is 1.70 bits per heavy atom. The van der Waals surface area contributed by atoms with E-state index in [-0.39, 0.29) is 0 Å². The van der Waals surface area contributed by atoms with Crippen LogP contribution >= 0.6 is 0 Å². The molecule has 6 nitrogen and oxygen atoms in total. The van der Waals surface area contributed by atoms with Crippen molar-refractivity contribution in [1.29, 1.82) is 0 Å². The van der Waals surface area contributed by atoms with Gasteiger partial charge in [-0.15, -0.1) is 0 Å². The molecule has 1 heterocycles. The van der Waals surface area contributed by atoms with Gasteiger partial charge in [0.05, 0.1) is 0 Å². The van der Waals surface area contributed by atoms with E-state index in [1.807, 2.05) is 14.1 Å². The number of aryl methyl sites for hydroxylation is 1. The van der Waals surface area contributed by atoms with Crippen molar-refractivity contribution in [3.8, 4) is 0 Å². The maximum atomic E-state index is 11.5. The SMILES string of the molecule is CCn1c2ccccc2c2cc(N(C)CCCN(C(N)=O)N(C)C)ccc21. The number of nitrogens with zero attached hydrogens (tertiary/aromatic N) is 4. The number of hydrogen-bond acceptors (Lipinski definition) is 3. The van der Waals surface area contributed by atoms with Gasteiger partial charge in [0.15, 0.2) is 0 Å². The van der Waals surface area contributed by atoms with E-state index in [0.29, 0.717) is 6.54 Å². The van der Waals surface area contributed by atoms with Gasteiger partial charge in [0.2, 0.25) is 0 Å². The van der Waals surface area contributed by atoms with Crippen LogP contribution in [0.25, 0.3) is 21.8 Å². The molecule has 1 aromatic heterocycles. The van der Waals surface area contributed by atoms with Gasteiger partial charge in [-0.05, 0) is 37.6 Å². The van der Waals surface area contributed by atoms with E-state index < -0.39 is 6.03 Å². The number of anilines is 1. The number of para-hydroxylation sites is 1. The lowest BCUT2D eigenvalue weighted by Gasteiger charge is -2.28. The van der Waals surface area contributed by atoms with Crippen molar-refractivity contribution in [2.24, 2.45) is 5.73 Å². The predicted molar refractivity (Wildman–Crippen MR) is 113 cm³/mol. The van der Waals surface area contributed by atoms with Crippen molar-refractivity contribution in [2.75, 3.05) is 39.1 Å². The molecule has 144 valence electrons. The summed E-state index contributed by atoms with van der Waals surface area (Å²) >= 11 is 0. The summed E-state index contributed by atoms with van der Waals surface area (Å²) < 4.78 is 2.36. The molecule has 0 aliphatic heterocycles. The Kier molecular flexibility index (Phi) is 5.56. The number of aromatic nitrogens is 1. The second-order valence-electron chi connectivity index (χ2n) is 7.05. The highest BCUT2D eigenvalue weighted by Crippen LogP contribution is 2.31. The fourth-order valence-electron chi connectivity index (χ4n) is 3.71. The van der Waals surface area contributed by atoms with Crippen LogP contribution in [0, 0.1) is 0 Å². The minimum atomic E-state index is -0.420. The molecule has 0 bridgehead atoms. The maximum Gasteiger partial charge on any atom is 0.329 e. The average Bonchev–Trinajstić information content (AvgIpc) is 2.97. The third kappa shape index (κ3) is 3.71. The van der Waals surface area contributed by atoms with E-state index in [0.717, 1.165) is 19.5 Å². The summed E-state index contributed by atoms with van der Waals surface area (Å²) in [5.41, 5.74) is 9.15. The van der Waals surface area contributed by atoms with Crippen molar-refractivity contribution < 1.29 is 4.79 Å². The molecule has 3 rings (SSSR count). The number of hydrazine groups is 1.